The summed E-state index contributed by atoms with van der Waals surface area (Å²) >= 11 is 0. The minimum Gasteiger partial charge on any atom is -0.349 e. The Balaban J connectivity index is 1.92. The number of hydrogen-bond donors (Lipinski definition) is 2. The molecule has 2 amide bonds. The smallest absolute Gasteiger partial charge is 0.251 e. The molecule has 4 nitrogen and oxygen atoms in total. The van der Waals surface area contributed by atoms with Crippen LogP contribution in [0.2, 0.25) is 0 Å². The number of amides is 2. The van der Waals surface area contributed by atoms with Gasteiger partial charge >= 0.3 is 0 Å². The van der Waals surface area contributed by atoms with E-state index in [2.05, 4.69) is 17.2 Å². The van der Waals surface area contributed by atoms with Crippen molar-refractivity contribution in [2.24, 2.45) is 0 Å². The summed E-state index contributed by atoms with van der Waals surface area (Å²) in [7, 11) is 0. The molecule has 0 aliphatic heterocycles. The molecule has 0 spiro atoms. The standard InChI is InChI=1S/C18H24N2O2/c1-2-13-19-17(21)14-9-11-15(12-10-14)18(22)20-16-7-5-3-4-6-8-16/h2,9-12,16H,1,3-8,13H2,(H,19,21)(H,20,22). The maximum atomic E-state index is 12.3. The summed E-state index contributed by atoms with van der Waals surface area (Å²) in [6, 6.07) is 7.05. The molecular weight excluding hydrogens is 276 g/mol. The number of nitrogens with one attached hydrogen (secondary N) is 2. The fourth-order valence-corrected chi connectivity index (χ4v) is 2.73. The van der Waals surface area contributed by atoms with Gasteiger partial charge in [0, 0.05) is 23.7 Å². The van der Waals surface area contributed by atoms with Crippen LogP contribution < -0.4 is 10.6 Å². The van der Waals surface area contributed by atoms with Gasteiger partial charge in [-0.2, -0.15) is 0 Å². The molecule has 0 saturated heterocycles. The van der Waals surface area contributed by atoms with Gasteiger partial charge in [-0.1, -0.05) is 31.8 Å². The first-order valence-corrected chi connectivity index (χ1v) is 8.00. The Morgan fingerprint density at radius 3 is 2.09 bits per heavy atom. The highest BCUT2D eigenvalue weighted by atomic mass is 16.2. The maximum absolute atomic E-state index is 12.3. The molecule has 0 aromatic heterocycles. The highest BCUT2D eigenvalue weighted by molar-refractivity contribution is 5.97. The first kappa shape index (κ1) is 16.3. The molecule has 0 bridgehead atoms. The van der Waals surface area contributed by atoms with Crippen molar-refractivity contribution < 1.29 is 9.59 Å². The van der Waals surface area contributed by atoms with Gasteiger partial charge in [0.05, 0.1) is 0 Å². The molecule has 0 radical (unpaired) electrons. The van der Waals surface area contributed by atoms with Crippen molar-refractivity contribution in [3.05, 3.63) is 48.0 Å². The molecule has 1 saturated carbocycles. The zero-order valence-corrected chi connectivity index (χ0v) is 12.9. The van der Waals surface area contributed by atoms with Crippen molar-refractivity contribution in [2.75, 3.05) is 6.54 Å². The zero-order valence-electron chi connectivity index (χ0n) is 12.9. The number of carbonyl (C=O) groups is 2. The van der Waals surface area contributed by atoms with Crippen molar-refractivity contribution >= 4 is 11.8 Å². The average molecular weight is 300 g/mol. The molecule has 22 heavy (non-hydrogen) atoms. The van der Waals surface area contributed by atoms with E-state index in [1.165, 1.54) is 25.7 Å². The van der Waals surface area contributed by atoms with Gasteiger partial charge in [0.1, 0.15) is 0 Å². The Bertz CT molecular complexity index is 514. The van der Waals surface area contributed by atoms with E-state index in [9.17, 15) is 9.59 Å². The Morgan fingerprint density at radius 2 is 1.55 bits per heavy atom. The van der Waals surface area contributed by atoms with E-state index in [0.717, 1.165) is 12.8 Å². The van der Waals surface area contributed by atoms with Crippen LogP contribution in [0.4, 0.5) is 0 Å². The average Bonchev–Trinajstić information content (AvgIpc) is 2.81. The first-order valence-electron chi connectivity index (χ1n) is 8.00. The second-order valence-electron chi connectivity index (χ2n) is 5.74. The van der Waals surface area contributed by atoms with E-state index >= 15 is 0 Å². The Morgan fingerprint density at radius 1 is 1.00 bits per heavy atom. The third-order valence-corrected chi connectivity index (χ3v) is 4.01. The van der Waals surface area contributed by atoms with Crippen LogP contribution in [0.3, 0.4) is 0 Å². The van der Waals surface area contributed by atoms with E-state index in [-0.39, 0.29) is 17.9 Å². The van der Waals surface area contributed by atoms with Crippen LogP contribution in [-0.2, 0) is 0 Å². The van der Waals surface area contributed by atoms with Crippen molar-refractivity contribution in [3.8, 4) is 0 Å². The molecule has 1 aliphatic rings. The lowest BCUT2D eigenvalue weighted by atomic mass is 10.1. The van der Waals surface area contributed by atoms with Gasteiger partial charge in [-0.25, -0.2) is 0 Å². The number of carbonyl (C=O) groups excluding carboxylic acids is 2. The van der Waals surface area contributed by atoms with Gasteiger partial charge in [-0.05, 0) is 37.1 Å². The molecule has 0 atom stereocenters. The van der Waals surface area contributed by atoms with Crippen molar-refractivity contribution in [1.29, 1.82) is 0 Å². The topological polar surface area (TPSA) is 58.2 Å². The lowest BCUT2D eigenvalue weighted by Gasteiger charge is -2.16. The second-order valence-corrected chi connectivity index (χ2v) is 5.74. The Labute approximate surface area is 132 Å². The van der Waals surface area contributed by atoms with Gasteiger partial charge in [-0.3, -0.25) is 9.59 Å². The van der Waals surface area contributed by atoms with Crippen LogP contribution in [-0.4, -0.2) is 24.4 Å². The minimum atomic E-state index is -0.157. The van der Waals surface area contributed by atoms with Crippen LogP contribution in [0, 0.1) is 0 Å². The molecule has 0 heterocycles. The summed E-state index contributed by atoms with van der Waals surface area (Å²) < 4.78 is 0. The molecule has 1 fully saturated rings. The molecular formula is C18H24N2O2. The fraction of sp³-hybridized carbons (Fsp3) is 0.444. The third kappa shape index (κ3) is 4.72. The van der Waals surface area contributed by atoms with Gasteiger partial charge < -0.3 is 10.6 Å². The molecule has 1 aliphatic carbocycles. The van der Waals surface area contributed by atoms with Gasteiger partial charge in [0.2, 0.25) is 0 Å². The van der Waals surface area contributed by atoms with Crippen LogP contribution in [0.1, 0.15) is 59.2 Å². The molecule has 4 heteroatoms. The van der Waals surface area contributed by atoms with Gasteiger partial charge in [0.25, 0.3) is 11.8 Å². The van der Waals surface area contributed by atoms with E-state index in [1.54, 1.807) is 30.3 Å². The van der Waals surface area contributed by atoms with Crippen LogP contribution >= 0.6 is 0 Å². The summed E-state index contributed by atoms with van der Waals surface area (Å²) in [6.45, 7) is 3.99. The van der Waals surface area contributed by atoms with Crippen LogP contribution in [0.25, 0.3) is 0 Å². The zero-order chi connectivity index (χ0) is 15.8. The fourth-order valence-electron chi connectivity index (χ4n) is 2.73. The van der Waals surface area contributed by atoms with Gasteiger partial charge in [0.15, 0.2) is 0 Å². The number of rotatable bonds is 5. The summed E-state index contributed by atoms with van der Waals surface area (Å²) in [5.41, 5.74) is 1.15. The van der Waals surface area contributed by atoms with Crippen molar-refractivity contribution in [3.63, 3.8) is 0 Å². The SMILES string of the molecule is C=CCNC(=O)c1ccc(C(=O)NC2CCCCCC2)cc1. The van der Waals surface area contributed by atoms with Crippen LogP contribution in [0.5, 0.6) is 0 Å². The molecule has 0 unspecified atom stereocenters. The summed E-state index contributed by atoms with van der Waals surface area (Å²) in [5, 5.41) is 5.82. The second kappa shape index (κ2) is 8.37. The van der Waals surface area contributed by atoms with E-state index in [0.29, 0.717) is 17.7 Å². The third-order valence-electron chi connectivity index (χ3n) is 4.01. The minimum absolute atomic E-state index is 0.0510. The highest BCUT2D eigenvalue weighted by Gasteiger charge is 2.16. The molecule has 2 rings (SSSR count). The van der Waals surface area contributed by atoms with Crippen molar-refractivity contribution in [2.45, 2.75) is 44.6 Å². The predicted molar refractivity (Wildman–Crippen MR) is 87.9 cm³/mol. The largest absolute Gasteiger partial charge is 0.349 e. The highest BCUT2D eigenvalue weighted by Crippen LogP contribution is 2.17. The molecule has 2 N–H and O–H groups in total. The summed E-state index contributed by atoms with van der Waals surface area (Å²) in [6.07, 6.45) is 8.66. The number of hydrogen-bond acceptors (Lipinski definition) is 2. The molecule has 1 aromatic carbocycles. The molecule has 1 aromatic rings. The first-order chi connectivity index (χ1) is 10.7. The van der Waals surface area contributed by atoms with E-state index in [1.807, 2.05) is 0 Å². The Kier molecular flexibility index (Phi) is 6.19. The number of benzene rings is 1. The quantitative estimate of drug-likeness (QED) is 0.648. The van der Waals surface area contributed by atoms with E-state index in [4.69, 9.17) is 0 Å². The summed E-state index contributed by atoms with van der Waals surface area (Å²) in [5.74, 6) is -0.208. The maximum Gasteiger partial charge on any atom is 0.251 e. The monoisotopic (exact) mass is 300 g/mol. The van der Waals surface area contributed by atoms with Gasteiger partial charge in [-0.15, -0.1) is 6.58 Å². The lowest BCUT2D eigenvalue weighted by Crippen LogP contribution is -2.34. The normalized spacial score (nSPS) is 15.6. The lowest BCUT2D eigenvalue weighted by molar-refractivity contribution is 0.0928. The summed E-state index contributed by atoms with van der Waals surface area (Å²) in [4.78, 5) is 24.0. The van der Waals surface area contributed by atoms with Crippen LogP contribution in [0.15, 0.2) is 36.9 Å². The Hall–Kier alpha value is -2.10. The van der Waals surface area contributed by atoms with Crippen molar-refractivity contribution in [1.82, 2.24) is 10.6 Å². The van der Waals surface area contributed by atoms with E-state index < -0.39 is 0 Å². The molecule has 118 valence electrons. The predicted octanol–water partition coefficient (Wildman–Crippen LogP) is 3.06.